The van der Waals surface area contributed by atoms with E-state index >= 15 is 0 Å². The second-order valence-corrected chi connectivity index (χ2v) is 4.81. The number of aryl methyl sites for hydroxylation is 2. The fraction of sp³-hybridized carbons (Fsp3) is 0.214. The van der Waals surface area contributed by atoms with Crippen LogP contribution in [0.15, 0.2) is 24.3 Å². The second-order valence-electron chi connectivity index (χ2n) is 4.43. The van der Waals surface area contributed by atoms with Gasteiger partial charge in [-0.3, -0.25) is 10.1 Å². The molecule has 0 saturated carbocycles. The Bertz CT molecular complexity index is 686. The number of aromatic nitrogens is 1. The molecule has 0 radical (unpaired) electrons. The Hall–Kier alpha value is -2.14. The number of hydrogen-bond acceptors (Lipinski definition) is 4. The van der Waals surface area contributed by atoms with Gasteiger partial charge in [0.25, 0.3) is 5.69 Å². The van der Waals surface area contributed by atoms with Gasteiger partial charge in [0, 0.05) is 11.6 Å². The fourth-order valence-electron chi connectivity index (χ4n) is 2.01. The summed E-state index contributed by atoms with van der Waals surface area (Å²) >= 11 is 5.85. The minimum atomic E-state index is -0.483. The Morgan fingerprint density at radius 1 is 1.20 bits per heavy atom. The van der Waals surface area contributed by atoms with E-state index in [4.69, 9.17) is 16.3 Å². The van der Waals surface area contributed by atoms with E-state index in [0.717, 1.165) is 22.4 Å². The van der Waals surface area contributed by atoms with Gasteiger partial charge in [-0.05, 0) is 37.1 Å². The zero-order chi connectivity index (χ0) is 14.9. The molecule has 0 bridgehead atoms. The first-order chi connectivity index (χ1) is 9.42. The molecule has 1 aromatic carbocycles. The molecular formula is C14H13ClN2O3. The lowest BCUT2D eigenvalue weighted by molar-refractivity contribution is -0.384. The molecule has 5 nitrogen and oxygen atoms in total. The lowest BCUT2D eigenvalue weighted by atomic mass is 10.0. The predicted molar refractivity (Wildman–Crippen MR) is 77.4 cm³/mol. The number of halogens is 1. The van der Waals surface area contributed by atoms with Crippen molar-refractivity contribution < 1.29 is 9.66 Å². The van der Waals surface area contributed by atoms with E-state index in [-0.39, 0.29) is 10.8 Å². The summed E-state index contributed by atoms with van der Waals surface area (Å²) in [5, 5.41) is 11.0. The van der Waals surface area contributed by atoms with Gasteiger partial charge in [-0.2, -0.15) is 0 Å². The highest BCUT2D eigenvalue weighted by Crippen LogP contribution is 2.31. The van der Waals surface area contributed by atoms with Crippen LogP contribution in [0, 0.1) is 24.0 Å². The van der Waals surface area contributed by atoms with E-state index in [0.29, 0.717) is 5.69 Å². The highest BCUT2D eigenvalue weighted by Gasteiger charge is 2.14. The summed E-state index contributed by atoms with van der Waals surface area (Å²) in [6.45, 7) is 3.80. The lowest BCUT2D eigenvalue weighted by Crippen LogP contribution is -1.95. The number of methoxy groups -OCH3 is 1. The molecule has 2 aromatic rings. The third kappa shape index (κ3) is 2.72. The van der Waals surface area contributed by atoms with Crippen molar-refractivity contribution in [3.8, 4) is 17.0 Å². The van der Waals surface area contributed by atoms with Crippen molar-refractivity contribution >= 4 is 17.3 Å². The summed E-state index contributed by atoms with van der Waals surface area (Å²) in [6, 6.07) is 6.41. The van der Waals surface area contributed by atoms with Crippen LogP contribution in [0.2, 0.25) is 5.15 Å². The molecule has 0 atom stereocenters. The van der Waals surface area contributed by atoms with Gasteiger partial charge in [-0.15, -0.1) is 0 Å². The zero-order valence-corrected chi connectivity index (χ0v) is 12.1. The van der Waals surface area contributed by atoms with Crippen LogP contribution in [0.1, 0.15) is 11.1 Å². The molecule has 20 heavy (non-hydrogen) atoms. The lowest BCUT2D eigenvalue weighted by Gasteiger charge is -2.11. The summed E-state index contributed by atoms with van der Waals surface area (Å²) < 4.78 is 5.25. The molecule has 0 N–H and O–H groups in total. The van der Waals surface area contributed by atoms with Gasteiger partial charge >= 0.3 is 0 Å². The van der Waals surface area contributed by atoms with Crippen molar-refractivity contribution in [3.63, 3.8) is 0 Å². The van der Waals surface area contributed by atoms with Gasteiger partial charge in [0.05, 0.1) is 23.8 Å². The van der Waals surface area contributed by atoms with Crippen LogP contribution in [0.25, 0.3) is 11.3 Å². The van der Waals surface area contributed by atoms with E-state index in [1.807, 2.05) is 26.0 Å². The molecule has 6 heteroatoms. The van der Waals surface area contributed by atoms with Crippen molar-refractivity contribution in [2.75, 3.05) is 7.11 Å². The van der Waals surface area contributed by atoms with Crippen molar-refractivity contribution in [1.82, 2.24) is 4.98 Å². The molecule has 1 aromatic heterocycles. The standard InChI is InChI=1S/C14H13ClN2O3/c1-8-5-13(20-3)9(2)4-11(8)12-6-10(17(18)19)7-14(15)16-12/h4-7H,1-3H3. The summed E-state index contributed by atoms with van der Waals surface area (Å²) in [4.78, 5) is 14.6. The summed E-state index contributed by atoms with van der Waals surface area (Å²) in [5.41, 5.74) is 3.04. The Morgan fingerprint density at radius 2 is 1.90 bits per heavy atom. The van der Waals surface area contributed by atoms with E-state index in [1.165, 1.54) is 12.1 Å². The molecule has 0 amide bonds. The second kappa shape index (κ2) is 5.46. The maximum Gasteiger partial charge on any atom is 0.274 e. The fourth-order valence-corrected chi connectivity index (χ4v) is 2.22. The predicted octanol–water partition coefficient (Wildman–Crippen LogP) is 3.94. The van der Waals surface area contributed by atoms with Gasteiger partial charge in [-0.1, -0.05) is 11.6 Å². The highest BCUT2D eigenvalue weighted by atomic mass is 35.5. The van der Waals surface area contributed by atoms with Gasteiger partial charge in [0.2, 0.25) is 0 Å². The summed E-state index contributed by atoms with van der Waals surface area (Å²) in [6.07, 6.45) is 0. The first-order valence-electron chi connectivity index (χ1n) is 5.90. The van der Waals surface area contributed by atoms with Gasteiger partial charge in [0.15, 0.2) is 0 Å². The molecule has 0 aliphatic heterocycles. The van der Waals surface area contributed by atoms with Gasteiger partial charge in [0.1, 0.15) is 10.9 Å². The summed E-state index contributed by atoms with van der Waals surface area (Å²) in [5.74, 6) is 0.766. The molecule has 0 aliphatic carbocycles. The van der Waals surface area contributed by atoms with Crippen molar-refractivity contribution in [3.05, 3.63) is 50.7 Å². The molecule has 0 saturated heterocycles. The average molecular weight is 293 g/mol. The Kier molecular flexibility index (Phi) is 3.90. The number of pyridine rings is 1. The topological polar surface area (TPSA) is 65.3 Å². The largest absolute Gasteiger partial charge is 0.496 e. The minimum absolute atomic E-state index is 0.0760. The van der Waals surface area contributed by atoms with Crippen LogP contribution in [-0.2, 0) is 0 Å². The molecule has 0 aliphatic rings. The van der Waals surface area contributed by atoms with E-state index in [2.05, 4.69) is 4.98 Å². The Morgan fingerprint density at radius 3 is 2.50 bits per heavy atom. The molecule has 2 rings (SSSR count). The van der Waals surface area contributed by atoms with E-state index in [1.54, 1.807) is 7.11 Å². The molecular weight excluding hydrogens is 280 g/mol. The number of nitrogens with zero attached hydrogens (tertiary/aromatic N) is 2. The van der Waals surface area contributed by atoms with Gasteiger partial charge in [-0.25, -0.2) is 4.98 Å². The van der Waals surface area contributed by atoms with Crippen LogP contribution in [0.4, 0.5) is 5.69 Å². The number of nitro groups is 1. The van der Waals surface area contributed by atoms with Gasteiger partial charge < -0.3 is 4.74 Å². The van der Waals surface area contributed by atoms with Crippen LogP contribution in [0.5, 0.6) is 5.75 Å². The first-order valence-corrected chi connectivity index (χ1v) is 6.27. The quantitative estimate of drug-likeness (QED) is 0.488. The highest BCUT2D eigenvalue weighted by molar-refractivity contribution is 6.29. The monoisotopic (exact) mass is 292 g/mol. The maximum atomic E-state index is 10.9. The van der Waals surface area contributed by atoms with Crippen LogP contribution < -0.4 is 4.74 Å². The van der Waals surface area contributed by atoms with E-state index in [9.17, 15) is 10.1 Å². The average Bonchev–Trinajstić information content (AvgIpc) is 2.40. The Balaban J connectivity index is 2.62. The normalized spacial score (nSPS) is 10.4. The third-order valence-corrected chi connectivity index (χ3v) is 3.20. The molecule has 1 heterocycles. The Labute approximate surface area is 121 Å². The number of rotatable bonds is 3. The molecule has 0 spiro atoms. The van der Waals surface area contributed by atoms with Crippen molar-refractivity contribution in [2.45, 2.75) is 13.8 Å². The van der Waals surface area contributed by atoms with Crippen LogP contribution in [-0.4, -0.2) is 17.0 Å². The minimum Gasteiger partial charge on any atom is -0.496 e. The number of benzene rings is 1. The number of hydrogen-bond donors (Lipinski definition) is 0. The molecule has 0 unspecified atom stereocenters. The SMILES string of the molecule is COc1cc(C)c(-c2cc([N+](=O)[O-])cc(Cl)n2)cc1C. The number of ether oxygens (including phenoxy) is 1. The maximum absolute atomic E-state index is 10.9. The van der Waals surface area contributed by atoms with Crippen LogP contribution >= 0.6 is 11.6 Å². The summed E-state index contributed by atoms with van der Waals surface area (Å²) in [7, 11) is 1.60. The van der Waals surface area contributed by atoms with Crippen molar-refractivity contribution in [1.29, 1.82) is 0 Å². The zero-order valence-electron chi connectivity index (χ0n) is 11.3. The first kappa shape index (κ1) is 14.3. The van der Waals surface area contributed by atoms with E-state index < -0.39 is 4.92 Å². The van der Waals surface area contributed by atoms with Crippen molar-refractivity contribution in [2.24, 2.45) is 0 Å². The van der Waals surface area contributed by atoms with Crippen LogP contribution in [0.3, 0.4) is 0 Å². The molecule has 0 fully saturated rings. The molecule has 104 valence electrons. The smallest absolute Gasteiger partial charge is 0.274 e. The third-order valence-electron chi connectivity index (χ3n) is 3.01.